The summed E-state index contributed by atoms with van der Waals surface area (Å²) in [5.74, 6) is 0.521. The minimum Gasteiger partial charge on any atom is -0.486 e. The van der Waals surface area contributed by atoms with E-state index in [2.05, 4.69) is 21.0 Å². The summed E-state index contributed by atoms with van der Waals surface area (Å²) in [5, 5.41) is 15.1. The molecule has 0 spiro atoms. The molecule has 0 amide bonds. The van der Waals surface area contributed by atoms with Gasteiger partial charge in [0.2, 0.25) is 5.54 Å². The predicted octanol–water partition coefficient (Wildman–Crippen LogP) is 2.87. The molecule has 2 rings (SSSR count). The Balaban J connectivity index is 2.30. The van der Waals surface area contributed by atoms with Gasteiger partial charge in [0.25, 0.3) is 0 Å². The van der Waals surface area contributed by atoms with Crippen LogP contribution in [0.15, 0.2) is 28.9 Å². The van der Waals surface area contributed by atoms with E-state index in [1.54, 1.807) is 29.1 Å². The van der Waals surface area contributed by atoms with Gasteiger partial charge in [-0.15, -0.1) is 0 Å². The van der Waals surface area contributed by atoms with Crippen molar-refractivity contribution in [2.45, 2.75) is 19.4 Å². The fourth-order valence-electron chi connectivity index (χ4n) is 1.86. The first-order valence-electron chi connectivity index (χ1n) is 6.57. The first-order chi connectivity index (χ1) is 10.2. The fraction of sp³-hybridized carbons (Fsp3) is 0.357. The second kappa shape index (κ2) is 5.96. The summed E-state index contributed by atoms with van der Waals surface area (Å²) >= 11 is 3.43. The first kappa shape index (κ1) is 16.3. The molecule has 2 N–H and O–H groups in total. The molecule has 7 nitrogen and oxygen atoms in total. The third-order valence-electron chi connectivity index (χ3n) is 3.26. The molecular weight excluding hydrogens is 352 g/mol. The number of halogens is 1. The van der Waals surface area contributed by atoms with Crippen molar-refractivity contribution in [1.29, 1.82) is 0 Å². The number of hydrogen-bond donors (Lipinski definition) is 1. The molecule has 0 saturated carbocycles. The number of aromatic nitrogens is 2. The van der Waals surface area contributed by atoms with Crippen LogP contribution in [0.2, 0.25) is 0 Å². The molecule has 0 saturated heterocycles. The van der Waals surface area contributed by atoms with E-state index in [9.17, 15) is 10.1 Å². The first-order valence-corrected chi connectivity index (χ1v) is 7.36. The lowest BCUT2D eigenvalue weighted by Gasteiger charge is -2.17. The summed E-state index contributed by atoms with van der Waals surface area (Å²) in [7, 11) is 1.81. The van der Waals surface area contributed by atoms with Gasteiger partial charge in [-0.2, -0.15) is 5.10 Å². The summed E-state index contributed by atoms with van der Waals surface area (Å²) < 4.78 is 8.07. The van der Waals surface area contributed by atoms with Gasteiger partial charge < -0.3 is 10.5 Å². The lowest BCUT2D eigenvalue weighted by Crippen LogP contribution is -2.37. The van der Waals surface area contributed by atoms with Crippen LogP contribution in [-0.4, -0.2) is 26.8 Å². The molecular formula is C14H17BrN4O3. The van der Waals surface area contributed by atoms with Crippen LogP contribution in [-0.2, 0) is 7.05 Å². The molecule has 0 aliphatic carbocycles. The zero-order chi connectivity index (χ0) is 16.5. The number of nitro groups is 1. The third-order valence-corrected chi connectivity index (χ3v) is 3.84. The van der Waals surface area contributed by atoms with Crippen LogP contribution in [0.1, 0.15) is 13.8 Å². The highest BCUT2D eigenvalue weighted by Gasteiger charge is 2.31. The molecule has 1 aromatic carbocycles. The SMILES string of the molecule is Cn1ncc(Br)c1-c1cc(OCC(C)(C)[N+](=O)[O-])ccc1N. The molecule has 1 heterocycles. The monoisotopic (exact) mass is 368 g/mol. The molecule has 0 aliphatic rings. The van der Waals surface area contributed by atoms with Crippen molar-refractivity contribution in [3.05, 3.63) is 39.0 Å². The molecule has 1 aromatic heterocycles. The number of ether oxygens (including phenoxy) is 1. The van der Waals surface area contributed by atoms with Gasteiger partial charge in [0.05, 0.1) is 16.4 Å². The van der Waals surface area contributed by atoms with Crippen molar-refractivity contribution >= 4 is 21.6 Å². The molecule has 0 radical (unpaired) electrons. The minimum absolute atomic E-state index is 0.0318. The maximum Gasteiger partial charge on any atom is 0.250 e. The fourth-order valence-corrected chi connectivity index (χ4v) is 2.42. The summed E-state index contributed by atoms with van der Waals surface area (Å²) in [6.45, 7) is 3.00. The van der Waals surface area contributed by atoms with Crippen molar-refractivity contribution in [2.75, 3.05) is 12.3 Å². The van der Waals surface area contributed by atoms with Gasteiger partial charge in [0.15, 0.2) is 6.61 Å². The van der Waals surface area contributed by atoms with E-state index >= 15 is 0 Å². The quantitative estimate of drug-likeness (QED) is 0.497. The highest BCUT2D eigenvalue weighted by Crippen LogP contribution is 2.34. The van der Waals surface area contributed by atoms with Crippen molar-refractivity contribution in [3.8, 4) is 17.0 Å². The van der Waals surface area contributed by atoms with Gasteiger partial charge in [-0.3, -0.25) is 14.8 Å². The highest BCUT2D eigenvalue weighted by atomic mass is 79.9. The second-order valence-corrected chi connectivity index (χ2v) is 6.43. The molecule has 0 fully saturated rings. The zero-order valence-corrected chi connectivity index (χ0v) is 14.1. The zero-order valence-electron chi connectivity index (χ0n) is 12.5. The summed E-state index contributed by atoms with van der Waals surface area (Å²) in [4.78, 5) is 10.6. The van der Waals surface area contributed by atoms with E-state index in [0.29, 0.717) is 11.4 Å². The second-order valence-electron chi connectivity index (χ2n) is 5.57. The summed E-state index contributed by atoms with van der Waals surface area (Å²) in [5.41, 5.74) is 7.01. The summed E-state index contributed by atoms with van der Waals surface area (Å²) in [6, 6.07) is 5.16. The van der Waals surface area contributed by atoms with Gasteiger partial charge in [-0.05, 0) is 34.1 Å². The number of nitrogens with two attached hydrogens (primary N) is 1. The Morgan fingerprint density at radius 2 is 2.18 bits per heavy atom. The normalized spacial score (nSPS) is 11.5. The van der Waals surface area contributed by atoms with Gasteiger partial charge in [0, 0.05) is 37.1 Å². The van der Waals surface area contributed by atoms with E-state index < -0.39 is 5.54 Å². The number of benzene rings is 1. The molecule has 8 heteroatoms. The summed E-state index contributed by atoms with van der Waals surface area (Å²) in [6.07, 6.45) is 1.68. The Labute approximate surface area is 136 Å². The lowest BCUT2D eigenvalue weighted by molar-refractivity contribution is -0.562. The molecule has 118 valence electrons. The molecule has 22 heavy (non-hydrogen) atoms. The average Bonchev–Trinajstić information content (AvgIpc) is 2.77. The minimum atomic E-state index is -1.16. The van der Waals surface area contributed by atoms with Crippen LogP contribution in [0.25, 0.3) is 11.3 Å². The maximum absolute atomic E-state index is 10.9. The Bertz CT molecular complexity index is 693. The molecule has 0 atom stereocenters. The van der Waals surface area contributed by atoms with Crippen LogP contribution in [0.3, 0.4) is 0 Å². The maximum atomic E-state index is 10.9. The number of anilines is 1. The van der Waals surface area contributed by atoms with Crippen molar-refractivity contribution < 1.29 is 9.66 Å². The van der Waals surface area contributed by atoms with Crippen molar-refractivity contribution in [2.24, 2.45) is 7.05 Å². The van der Waals surface area contributed by atoms with Crippen LogP contribution in [0.5, 0.6) is 5.75 Å². The molecule has 0 unspecified atom stereocenters. The van der Waals surface area contributed by atoms with Crippen LogP contribution in [0, 0.1) is 10.1 Å². The Hall–Kier alpha value is -2.09. The average molecular weight is 369 g/mol. The standard InChI is InChI=1S/C14H17BrN4O3/c1-14(2,19(20)21)8-22-9-4-5-12(16)10(6-9)13-11(15)7-17-18(13)3/h4-7H,8,16H2,1-3H3. The Morgan fingerprint density at radius 1 is 1.50 bits per heavy atom. The molecule has 2 aromatic rings. The topological polar surface area (TPSA) is 96.2 Å². The van der Waals surface area contributed by atoms with Crippen LogP contribution in [0.4, 0.5) is 5.69 Å². The molecule has 0 bridgehead atoms. The van der Waals surface area contributed by atoms with Crippen LogP contribution < -0.4 is 10.5 Å². The highest BCUT2D eigenvalue weighted by molar-refractivity contribution is 9.10. The predicted molar refractivity (Wildman–Crippen MR) is 87.3 cm³/mol. The van der Waals surface area contributed by atoms with Gasteiger partial charge >= 0.3 is 0 Å². The number of nitrogens with zero attached hydrogens (tertiary/aromatic N) is 3. The number of nitrogen functional groups attached to an aromatic ring is 1. The van der Waals surface area contributed by atoms with Crippen molar-refractivity contribution in [1.82, 2.24) is 9.78 Å². The van der Waals surface area contributed by atoms with Gasteiger partial charge in [-0.1, -0.05) is 0 Å². The van der Waals surface area contributed by atoms with E-state index in [0.717, 1.165) is 15.7 Å². The Morgan fingerprint density at radius 3 is 2.73 bits per heavy atom. The smallest absolute Gasteiger partial charge is 0.250 e. The van der Waals surface area contributed by atoms with E-state index in [1.165, 1.54) is 13.8 Å². The van der Waals surface area contributed by atoms with Crippen LogP contribution >= 0.6 is 15.9 Å². The number of hydrogen-bond acceptors (Lipinski definition) is 5. The number of rotatable bonds is 5. The van der Waals surface area contributed by atoms with E-state index in [4.69, 9.17) is 10.5 Å². The third kappa shape index (κ3) is 3.22. The van der Waals surface area contributed by atoms with E-state index in [-0.39, 0.29) is 11.5 Å². The number of aryl methyl sites for hydroxylation is 1. The molecule has 0 aliphatic heterocycles. The van der Waals surface area contributed by atoms with Gasteiger partial charge in [-0.25, -0.2) is 0 Å². The van der Waals surface area contributed by atoms with E-state index in [1.807, 2.05) is 7.05 Å². The van der Waals surface area contributed by atoms with Crippen molar-refractivity contribution in [3.63, 3.8) is 0 Å². The lowest BCUT2D eigenvalue weighted by atomic mass is 10.1. The largest absolute Gasteiger partial charge is 0.486 e. The Kier molecular flexibility index (Phi) is 4.41. The van der Waals surface area contributed by atoms with Gasteiger partial charge in [0.1, 0.15) is 5.75 Å².